The van der Waals surface area contributed by atoms with Gasteiger partial charge in [-0.2, -0.15) is 0 Å². The van der Waals surface area contributed by atoms with E-state index in [1.165, 1.54) is 0 Å². The highest BCUT2D eigenvalue weighted by atomic mass is 16.5. The number of carbonyl (C=O) groups excluding carboxylic acids is 2. The average molecular weight is 342 g/mol. The number of likely N-dealkylation sites (tertiary alicyclic amines) is 1. The van der Waals surface area contributed by atoms with Gasteiger partial charge in [0, 0.05) is 19.5 Å². The first kappa shape index (κ1) is 17.1. The molecule has 2 heterocycles. The minimum absolute atomic E-state index is 0.0102. The Bertz CT molecular complexity index is 685. The Labute approximate surface area is 146 Å². The summed E-state index contributed by atoms with van der Waals surface area (Å²) in [5.74, 6) is 1.17. The van der Waals surface area contributed by atoms with Crippen molar-refractivity contribution in [2.75, 3.05) is 19.7 Å². The van der Waals surface area contributed by atoms with Crippen LogP contribution in [0, 0.1) is 5.92 Å². The normalized spacial score (nSPS) is 16.9. The van der Waals surface area contributed by atoms with Crippen LogP contribution < -0.4 is 10.1 Å². The van der Waals surface area contributed by atoms with Gasteiger partial charge in [0.25, 0.3) is 0 Å². The molecule has 2 amide bonds. The molecular formula is C19H22N2O4. The number of hydrogen-bond acceptors (Lipinski definition) is 4. The first-order valence-electron chi connectivity index (χ1n) is 8.48. The molecule has 1 aliphatic heterocycles. The monoisotopic (exact) mass is 342 g/mol. The Morgan fingerprint density at radius 2 is 2.08 bits per heavy atom. The van der Waals surface area contributed by atoms with Gasteiger partial charge < -0.3 is 19.4 Å². The van der Waals surface area contributed by atoms with Gasteiger partial charge in [0.2, 0.25) is 11.8 Å². The van der Waals surface area contributed by atoms with Crippen LogP contribution in [0.3, 0.4) is 0 Å². The zero-order chi connectivity index (χ0) is 17.5. The van der Waals surface area contributed by atoms with Crippen LogP contribution in [-0.2, 0) is 16.1 Å². The lowest BCUT2D eigenvalue weighted by atomic mass is 10.1. The number of amides is 2. The third-order valence-corrected chi connectivity index (χ3v) is 4.14. The molecule has 0 radical (unpaired) electrons. The fraction of sp³-hybridized carbons (Fsp3) is 0.368. The van der Waals surface area contributed by atoms with Gasteiger partial charge in [-0.3, -0.25) is 9.59 Å². The van der Waals surface area contributed by atoms with Gasteiger partial charge in [-0.1, -0.05) is 18.2 Å². The van der Waals surface area contributed by atoms with Crippen molar-refractivity contribution < 1.29 is 18.7 Å². The molecule has 1 atom stereocenters. The van der Waals surface area contributed by atoms with Gasteiger partial charge in [-0.25, -0.2) is 0 Å². The molecule has 0 bridgehead atoms. The van der Waals surface area contributed by atoms with E-state index < -0.39 is 0 Å². The molecule has 1 saturated heterocycles. The second-order valence-electron chi connectivity index (χ2n) is 6.06. The first-order chi connectivity index (χ1) is 12.2. The Morgan fingerprint density at radius 1 is 1.24 bits per heavy atom. The lowest BCUT2D eigenvalue weighted by Gasteiger charge is -2.15. The van der Waals surface area contributed by atoms with E-state index in [1.807, 2.05) is 36.4 Å². The highest BCUT2D eigenvalue weighted by molar-refractivity contribution is 5.89. The summed E-state index contributed by atoms with van der Waals surface area (Å²) in [4.78, 5) is 25.9. The second-order valence-corrected chi connectivity index (χ2v) is 6.06. The molecule has 0 saturated carbocycles. The van der Waals surface area contributed by atoms with Crippen LogP contribution in [0.4, 0.5) is 0 Å². The van der Waals surface area contributed by atoms with Crippen molar-refractivity contribution >= 4 is 11.8 Å². The zero-order valence-corrected chi connectivity index (χ0v) is 14.0. The summed E-state index contributed by atoms with van der Waals surface area (Å²) in [7, 11) is 0. The molecule has 25 heavy (non-hydrogen) atoms. The molecule has 1 aromatic heterocycles. The summed E-state index contributed by atoms with van der Waals surface area (Å²) in [6.45, 7) is 1.93. The van der Waals surface area contributed by atoms with Crippen LogP contribution in [-0.4, -0.2) is 36.4 Å². The SMILES string of the molecule is O=C(NCCCOc1ccccc1)[C@@H]1CC(=O)N(Cc2ccco2)C1. The number of rotatable bonds is 8. The second kappa shape index (κ2) is 8.37. The number of carbonyl (C=O) groups is 2. The molecule has 1 fully saturated rings. The van der Waals surface area contributed by atoms with Gasteiger partial charge in [0.05, 0.1) is 25.3 Å². The molecule has 6 heteroatoms. The van der Waals surface area contributed by atoms with Crippen LogP contribution in [0.2, 0.25) is 0 Å². The van der Waals surface area contributed by atoms with Crippen LogP contribution in [0.5, 0.6) is 5.75 Å². The number of benzene rings is 1. The number of nitrogens with one attached hydrogen (secondary N) is 1. The summed E-state index contributed by atoms with van der Waals surface area (Å²) < 4.78 is 10.8. The number of furan rings is 1. The summed E-state index contributed by atoms with van der Waals surface area (Å²) in [5, 5.41) is 2.89. The van der Waals surface area contributed by atoms with E-state index >= 15 is 0 Å². The van der Waals surface area contributed by atoms with Gasteiger partial charge >= 0.3 is 0 Å². The molecule has 0 unspecified atom stereocenters. The van der Waals surface area contributed by atoms with Crippen molar-refractivity contribution in [1.29, 1.82) is 0 Å². The average Bonchev–Trinajstić information content (AvgIpc) is 3.26. The van der Waals surface area contributed by atoms with Crippen LogP contribution in [0.1, 0.15) is 18.6 Å². The van der Waals surface area contributed by atoms with E-state index in [-0.39, 0.29) is 24.2 Å². The number of hydrogen-bond donors (Lipinski definition) is 1. The Kier molecular flexibility index (Phi) is 5.72. The fourth-order valence-electron chi connectivity index (χ4n) is 2.83. The molecule has 1 aliphatic rings. The van der Waals surface area contributed by atoms with Crippen molar-refractivity contribution in [1.82, 2.24) is 10.2 Å². The fourth-order valence-corrected chi connectivity index (χ4v) is 2.83. The van der Waals surface area contributed by atoms with Gasteiger partial charge in [-0.05, 0) is 30.7 Å². The molecule has 3 rings (SSSR count). The van der Waals surface area contributed by atoms with Gasteiger partial charge in [0.1, 0.15) is 11.5 Å². The third-order valence-electron chi connectivity index (χ3n) is 4.14. The predicted octanol–water partition coefficient (Wildman–Crippen LogP) is 2.21. The van der Waals surface area contributed by atoms with E-state index in [9.17, 15) is 9.59 Å². The van der Waals surface area contributed by atoms with Crippen molar-refractivity contribution in [3.05, 3.63) is 54.5 Å². The maximum atomic E-state index is 12.2. The number of nitrogens with zero attached hydrogens (tertiary/aromatic N) is 1. The molecule has 1 N–H and O–H groups in total. The van der Waals surface area contributed by atoms with E-state index in [4.69, 9.17) is 9.15 Å². The van der Waals surface area contributed by atoms with Crippen molar-refractivity contribution in [3.8, 4) is 5.75 Å². The topological polar surface area (TPSA) is 71.8 Å². The van der Waals surface area contributed by atoms with Crippen molar-refractivity contribution in [2.45, 2.75) is 19.4 Å². The summed E-state index contributed by atoms with van der Waals surface area (Å²) in [6.07, 6.45) is 2.56. The Morgan fingerprint density at radius 3 is 2.84 bits per heavy atom. The smallest absolute Gasteiger partial charge is 0.225 e. The van der Waals surface area contributed by atoms with Crippen LogP contribution in [0.25, 0.3) is 0 Å². The van der Waals surface area contributed by atoms with Crippen LogP contribution >= 0.6 is 0 Å². The molecule has 0 aliphatic carbocycles. The largest absolute Gasteiger partial charge is 0.494 e. The third kappa shape index (κ3) is 4.86. The van der Waals surface area contributed by atoms with Crippen molar-refractivity contribution in [2.24, 2.45) is 5.92 Å². The highest BCUT2D eigenvalue weighted by Gasteiger charge is 2.34. The first-order valence-corrected chi connectivity index (χ1v) is 8.48. The van der Waals surface area contributed by atoms with Crippen LogP contribution in [0.15, 0.2) is 53.1 Å². The van der Waals surface area contributed by atoms with Gasteiger partial charge in [-0.15, -0.1) is 0 Å². The Hall–Kier alpha value is -2.76. The molecular weight excluding hydrogens is 320 g/mol. The van der Waals surface area contributed by atoms with E-state index in [0.29, 0.717) is 26.2 Å². The number of ether oxygens (including phenoxy) is 1. The molecule has 2 aromatic rings. The molecule has 0 spiro atoms. The highest BCUT2D eigenvalue weighted by Crippen LogP contribution is 2.20. The standard InChI is InChI=1S/C19H22N2O4/c22-18-12-15(13-21(18)14-17-8-4-10-25-17)19(23)20-9-5-11-24-16-6-2-1-3-7-16/h1-4,6-8,10,15H,5,9,11-14H2,(H,20,23)/t15-/m1/s1. The zero-order valence-electron chi connectivity index (χ0n) is 14.0. The minimum atomic E-state index is -0.294. The van der Waals surface area contributed by atoms with E-state index in [0.717, 1.165) is 17.9 Å². The maximum absolute atomic E-state index is 12.2. The van der Waals surface area contributed by atoms with Crippen molar-refractivity contribution in [3.63, 3.8) is 0 Å². The maximum Gasteiger partial charge on any atom is 0.225 e. The van der Waals surface area contributed by atoms with Gasteiger partial charge in [0.15, 0.2) is 0 Å². The minimum Gasteiger partial charge on any atom is -0.494 e. The van der Waals surface area contributed by atoms with E-state index in [2.05, 4.69) is 5.32 Å². The summed E-state index contributed by atoms with van der Waals surface area (Å²) in [6, 6.07) is 13.2. The molecule has 132 valence electrons. The lowest BCUT2D eigenvalue weighted by Crippen LogP contribution is -2.33. The molecule has 1 aromatic carbocycles. The predicted molar refractivity (Wildman–Crippen MR) is 91.8 cm³/mol. The summed E-state index contributed by atoms with van der Waals surface area (Å²) >= 11 is 0. The summed E-state index contributed by atoms with van der Waals surface area (Å²) in [5.41, 5.74) is 0. The lowest BCUT2D eigenvalue weighted by molar-refractivity contribution is -0.129. The Balaban J connectivity index is 1.35. The quantitative estimate of drug-likeness (QED) is 0.747. The number of para-hydroxylation sites is 1. The molecule has 6 nitrogen and oxygen atoms in total. The van der Waals surface area contributed by atoms with E-state index in [1.54, 1.807) is 17.2 Å².